The van der Waals surface area contributed by atoms with Gasteiger partial charge in [0.15, 0.2) is 11.5 Å². The number of amides is 1. The highest BCUT2D eigenvalue weighted by Gasteiger charge is 2.18. The number of carboxylic acids is 1. The van der Waals surface area contributed by atoms with E-state index in [0.29, 0.717) is 34.9 Å². The van der Waals surface area contributed by atoms with E-state index in [0.717, 1.165) is 5.56 Å². The zero-order chi connectivity index (χ0) is 20.0. The lowest BCUT2D eigenvalue weighted by Gasteiger charge is -2.14. The molecule has 2 rings (SSSR count). The minimum Gasteiger partial charge on any atom is -0.496 e. The Hall–Kier alpha value is -3.22. The molecule has 0 aromatic heterocycles. The largest absolute Gasteiger partial charge is 0.496 e. The summed E-state index contributed by atoms with van der Waals surface area (Å²) in [6.07, 6.45) is 0.424. The predicted molar refractivity (Wildman–Crippen MR) is 101 cm³/mol. The van der Waals surface area contributed by atoms with Gasteiger partial charge in [-0.2, -0.15) is 0 Å². The number of benzene rings is 2. The molecule has 7 heteroatoms. The zero-order valence-electron chi connectivity index (χ0n) is 15.7. The number of carbonyl (C=O) groups is 2. The van der Waals surface area contributed by atoms with Gasteiger partial charge < -0.3 is 24.6 Å². The molecule has 144 valence electrons. The quantitative estimate of drug-likeness (QED) is 0.738. The van der Waals surface area contributed by atoms with E-state index in [4.69, 9.17) is 19.3 Å². The molecule has 0 heterocycles. The molecule has 0 bridgehead atoms. The van der Waals surface area contributed by atoms with E-state index in [2.05, 4.69) is 5.32 Å². The number of rotatable bonds is 8. The molecule has 2 aromatic carbocycles. The summed E-state index contributed by atoms with van der Waals surface area (Å²) in [5.41, 5.74) is 1.77. The fraction of sp³-hybridized carbons (Fsp3) is 0.300. The van der Waals surface area contributed by atoms with Crippen LogP contribution >= 0.6 is 0 Å². The minimum atomic E-state index is -0.840. The van der Waals surface area contributed by atoms with Gasteiger partial charge in [0.2, 0.25) is 0 Å². The van der Waals surface area contributed by atoms with E-state index in [-0.39, 0.29) is 5.91 Å². The van der Waals surface area contributed by atoms with Crippen molar-refractivity contribution in [2.45, 2.75) is 13.3 Å². The summed E-state index contributed by atoms with van der Waals surface area (Å²) in [4.78, 5) is 23.6. The number of hydrogen-bond acceptors (Lipinski definition) is 5. The Morgan fingerprint density at radius 2 is 1.52 bits per heavy atom. The average molecular weight is 373 g/mol. The maximum atomic E-state index is 12.6. The van der Waals surface area contributed by atoms with Gasteiger partial charge in [-0.25, -0.2) is 0 Å². The number of nitrogens with one attached hydrogen (secondary N) is 1. The summed E-state index contributed by atoms with van der Waals surface area (Å²) in [6.45, 7) is 1.65. The Bertz CT molecular complexity index is 816. The molecule has 1 atom stereocenters. The summed E-state index contributed by atoms with van der Waals surface area (Å²) >= 11 is 0. The highest BCUT2D eigenvalue weighted by atomic mass is 16.5. The first kappa shape index (κ1) is 20.1. The first-order valence-electron chi connectivity index (χ1n) is 8.32. The Balaban J connectivity index is 2.18. The van der Waals surface area contributed by atoms with Crippen LogP contribution in [0.25, 0.3) is 0 Å². The Kier molecular flexibility index (Phi) is 6.65. The van der Waals surface area contributed by atoms with Gasteiger partial charge in [0.1, 0.15) is 5.75 Å². The predicted octanol–water partition coefficient (Wildman–Crippen LogP) is 3.23. The second kappa shape index (κ2) is 8.93. The van der Waals surface area contributed by atoms with Gasteiger partial charge in [-0.3, -0.25) is 9.59 Å². The molecule has 0 saturated heterocycles. The van der Waals surface area contributed by atoms with Crippen molar-refractivity contribution in [3.8, 4) is 17.2 Å². The third kappa shape index (κ3) is 4.91. The van der Waals surface area contributed by atoms with Crippen molar-refractivity contribution >= 4 is 17.6 Å². The minimum absolute atomic E-state index is 0.304. The average Bonchev–Trinajstić information content (AvgIpc) is 2.68. The van der Waals surface area contributed by atoms with Gasteiger partial charge in [0.25, 0.3) is 5.91 Å². The van der Waals surface area contributed by atoms with Crippen molar-refractivity contribution in [3.05, 3.63) is 47.5 Å². The SMILES string of the molecule is COc1cc(OC)c(C(=O)Nc2ccc(CC(C)C(=O)O)cc2)cc1OC. The van der Waals surface area contributed by atoms with Crippen LogP contribution in [0.2, 0.25) is 0 Å². The lowest BCUT2D eigenvalue weighted by atomic mass is 10.0. The highest BCUT2D eigenvalue weighted by molar-refractivity contribution is 6.06. The van der Waals surface area contributed by atoms with Crippen molar-refractivity contribution in [2.24, 2.45) is 5.92 Å². The molecule has 0 radical (unpaired) electrons. The van der Waals surface area contributed by atoms with E-state index < -0.39 is 11.9 Å². The van der Waals surface area contributed by atoms with Crippen molar-refractivity contribution < 1.29 is 28.9 Å². The Morgan fingerprint density at radius 3 is 2.04 bits per heavy atom. The van der Waals surface area contributed by atoms with E-state index in [1.165, 1.54) is 21.3 Å². The summed E-state index contributed by atoms with van der Waals surface area (Å²) in [5.74, 6) is -0.435. The van der Waals surface area contributed by atoms with E-state index in [1.807, 2.05) is 0 Å². The number of carbonyl (C=O) groups excluding carboxylic acids is 1. The van der Waals surface area contributed by atoms with Crippen molar-refractivity contribution in [2.75, 3.05) is 26.6 Å². The summed E-state index contributed by atoms with van der Waals surface area (Å²) in [6, 6.07) is 10.2. The topological polar surface area (TPSA) is 94.1 Å². The van der Waals surface area contributed by atoms with Crippen LogP contribution in [0.3, 0.4) is 0 Å². The van der Waals surface area contributed by atoms with Gasteiger partial charge in [-0.15, -0.1) is 0 Å². The molecule has 2 aromatic rings. The summed E-state index contributed by atoms with van der Waals surface area (Å²) in [7, 11) is 4.46. The molecule has 0 aliphatic carbocycles. The van der Waals surface area contributed by atoms with Crippen LogP contribution in [-0.2, 0) is 11.2 Å². The first-order valence-corrected chi connectivity index (χ1v) is 8.32. The Labute approximate surface area is 157 Å². The van der Waals surface area contributed by atoms with Crippen LogP contribution in [0.5, 0.6) is 17.2 Å². The summed E-state index contributed by atoms with van der Waals surface area (Å²) in [5, 5.41) is 11.8. The van der Waals surface area contributed by atoms with Crippen molar-refractivity contribution in [1.82, 2.24) is 0 Å². The van der Waals surface area contributed by atoms with Crippen LogP contribution < -0.4 is 19.5 Å². The fourth-order valence-corrected chi connectivity index (χ4v) is 2.57. The highest BCUT2D eigenvalue weighted by Crippen LogP contribution is 2.35. The maximum Gasteiger partial charge on any atom is 0.306 e. The van der Waals surface area contributed by atoms with E-state index in [9.17, 15) is 9.59 Å². The van der Waals surface area contributed by atoms with Crippen LogP contribution in [0.4, 0.5) is 5.69 Å². The Morgan fingerprint density at radius 1 is 0.963 bits per heavy atom. The molecule has 0 aliphatic rings. The number of carboxylic acid groups (broad SMARTS) is 1. The molecule has 0 spiro atoms. The molecule has 0 saturated carbocycles. The number of hydrogen-bond donors (Lipinski definition) is 2. The normalized spacial score (nSPS) is 11.4. The van der Waals surface area contributed by atoms with Crippen molar-refractivity contribution in [1.29, 1.82) is 0 Å². The van der Waals surface area contributed by atoms with Crippen LogP contribution in [0.1, 0.15) is 22.8 Å². The molecule has 0 aliphatic heterocycles. The number of methoxy groups -OCH3 is 3. The number of anilines is 1. The van der Waals surface area contributed by atoms with Crippen LogP contribution in [0.15, 0.2) is 36.4 Å². The molecule has 1 unspecified atom stereocenters. The maximum absolute atomic E-state index is 12.6. The van der Waals surface area contributed by atoms with Gasteiger partial charge in [-0.05, 0) is 24.1 Å². The molecule has 7 nitrogen and oxygen atoms in total. The molecule has 1 amide bonds. The van der Waals surface area contributed by atoms with Gasteiger partial charge >= 0.3 is 5.97 Å². The summed E-state index contributed by atoms with van der Waals surface area (Å²) < 4.78 is 15.7. The van der Waals surface area contributed by atoms with Crippen LogP contribution in [-0.4, -0.2) is 38.3 Å². The lowest BCUT2D eigenvalue weighted by Crippen LogP contribution is -2.14. The lowest BCUT2D eigenvalue weighted by molar-refractivity contribution is -0.141. The number of aliphatic carboxylic acids is 1. The second-order valence-electron chi connectivity index (χ2n) is 6.00. The standard InChI is InChI=1S/C20H23NO6/c1-12(20(23)24)9-13-5-7-14(8-6-13)21-19(22)15-10-17(26-3)18(27-4)11-16(15)25-2/h5-8,10-12H,9H2,1-4H3,(H,21,22)(H,23,24). The van der Waals surface area contributed by atoms with Crippen molar-refractivity contribution in [3.63, 3.8) is 0 Å². The third-order valence-electron chi connectivity index (χ3n) is 4.13. The van der Waals surface area contributed by atoms with E-state index >= 15 is 0 Å². The molecule has 0 fully saturated rings. The molecule has 27 heavy (non-hydrogen) atoms. The van der Waals surface area contributed by atoms with Gasteiger partial charge in [0, 0.05) is 17.8 Å². The first-order chi connectivity index (χ1) is 12.9. The van der Waals surface area contributed by atoms with E-state index in [1.54, 1.807) is 43.3 Å². The molecule has 2 N–H and O–H groups in total. The third-order valence-corrected chi connectivity index (χ3v) is 4.13. The fourth-order valence-electron chi connectivity index (χ4n) is 2.57. The monoisotopic (exact) mass is 373 g/mol. The van der Waals surface area contributed by atoms with Crippen LogP contribution in [0, 0.1) is 5.92 Å². The molecular weight excluding hydrogens is 350 g/mol. The van der Waals surface area contributed by atoms with Gasteiger partial charge in [0.05, 0.1) is 32.8 Å². The second-order valence-corrected chi connectivity index (χ2v) is 6.00. The number of ether oxygens (including phenoxy) is 3. The smallest absolute Gasteiger partial charge is 0.306 e. The van der Waals surface area contributed by atoms with Gasteiger partial charge in [-0.1, -0.05) is 19.1 Å². The zero-order valence-corrected chi connectivity index (χ0v) is 15.7. The molecular formula is C20H23NO6.